The van der Waals surface area contributed by atoms with Crippen LogP contribution in [0.4, 0.5) is 20.2 Å². The molecule has 0 radical (unpaired) electrons. The number of anilines is 2. The van der Waals surface area contributed by atoms with E-state index in [4.69, 9.17) is 5.26 Å². The van der Waals surface area contributed by atoms with Crippen LogP contribution in [-0.2, 0) is 0 Å². The highest BCUT2D eigenvalue weighted by molar-refractivity contribution is 9.10. The normalized spacial score (nSPS) is 10.1. The molecule has 0 bridgehead atoms. The van der Waals surface area contributed by atoms with Crippen LogP contribution in [0, 0.1) is 29.9 Å². The Labute approximate surface area is 117 Å². The van der Waals surface area contributed by atoms with Gasteiger partial charge in [-0.3, -0.25) is 0 Å². The number of nitriles is 1. The van der Waals surface area contributed by atoms with E-state index in [1.54, 1.807) is 13.0 Å². The summed E-state index contributed by atoms with van der Waals surface area (Å²) in [6.07, 6.45) is 0. The van der Waals surface area contributed by atoms with Gasteiger partial charge in [0.2, 0.25) is 0 Å². The molecule has 2 rings (SSSR count). The molecule has 2 aromatic rings. The van der Waals surface area contributed by atoms with E-state index in [1.165, 1.54) is 24.3 Å². The molecule has 0 saturated carbocycles. The van der Waals surface area contributed by atoms with E-state index in [0.29, 0.717) is 5.69 Å². The Morgan fingerprint density at radius 2 is 1.95 bits per heavy atom. The number of aryl methyl sites for hydroxylation is 1. The second-order valence-corrected chi connectivity index (χ2v) is 4.84. The quantitative estimate of drug-likeness (QED) is 0.873. The van der Waals surface area contributed by atoms with Crippen LogP contribution in [-0.4, -0.2) is 0 Å². The van der Waals surface area contributed by atoms with E-state index in [0.717, 1.165) is 5.56 Å². The Morgan fingerprint density at radius 1 is 1.21 bits per heavy atom. The molecule has 0 aliphatic rings. The third-order valence-corrected chi connectivity index (χ3v) is 3.30. The number of halogens is 3. The van der Waals surface area contributed by atoms with Gasteiger partial charge in [0, 0.05) is 5.69 Å². The SMILES string of the molecule is Cc1cc(F)cc(Nc2ccc(C#N)c(Br)c2F)c1. The van der Waals surface area contributed by atoms with Gasteiger partial charge in [-0.2, -0.15) is 5.26 Å². The van der Waals surface area contributed by atoms with E-state index < -0.39 is 11.6 Å². The third-order valence-electron chi connectivity index (χ3n) is 2.52. The summed E-state index contributed by atoms with van der Waals surface area (Å²) in [5, 5.41) is 11.6. The fourth-order valence-corrected chi connectivity index (χ4v) is 2.13. The zero-order valence-corrected chi connectivity index (χ0v) is 11.6. The van der Waals surface area contributed by atoms with Crippen molar-refractivity contribution in [2.75, 3.05) is 5.32 Å². The van der Waals surface area contributed by atoms with Crippen molar-refractivity contribution in [3.05, 3.63) is 57.6 Å². The Kier molecular flexibility index (Phi) is 3.82. The summed E-state index contributed by atoms with van der Waals surface area (Å²) >= 11 is 3.02. The van der Waals surface area contributed by atoms with Crippen molar-refractivity contribution >= 4 is 27.3 Å². The fourth-order valence-electron chi connectivity index (χ4n) is 1.70. The lowest BCUT2D eigenvalue weighted by Crippen LogP contribution is -1.97. The average molecular weight is 323 g/mol. The van der Waals surface area contributed by atoms with Crippen molar-refractivity contribution < 1.29 is 8.78 Å². The molecular weight excluding hydrogens is 314 g/mol. The lowest BCUT2D eigenvalue weighted by Gasteiger charge is -2.10. The first-order valence-electron chi connectivity index (χ1n) is 5.43. The smallest absolute Gasteiger partial charge is 0.162 e. The summed E-state index contributed by atoms with van der Waals surface area (Å²) in [6, 6.07) is 9.17. The minimum atomic E-state index is -0.582. The predicted octanol–water partition coefficient (Wildman–Crippen LogP) is 4.65. The van der Waals surface area contributed by atoms with Crippen LogP contribution in [0.15, 0.2) is 34.8 Å². The van der Waals surface area contributed by atoms with Gasteiger partial charge in [-0.15, -0.1) is 0 Å². The van der Waals surface area contributed by atoms with Crippen LogP contribution in [0.5, 0.6) is 0 Å². The van der Waals surface area contributed by atoms with Crippen molar-refractivity contribution in [2.24, 2.45) is 0 Å². The van der Waals surface area contributed by atoms with Crippen molar-refractivity contribution in [1.29, 1.82) is 5.26 Å². The van der Waals surface area contributed by atoms with Gasteiger partial charge in [-0.1, -0.05) is 0 Å². The summed E-state index contributed by atoms with van der Waals surface area (Å²) in [7, 11) is 0. The first kappa shape index (κ1) is 13.5. The van der Waals surface area contributed by atoms with Crippen LogP contribution in [0.2, 0.25) is 0 Å². The number of nitrogens with zero attached hydrogens (tertiary/aromatic N) is 1. The molecule has 0 saturated heterocycles. The first-order chi connectivity index (χ1) is 9.01. The molecule has 2 aromatic carbocycles. The van der Waals surface area contributed by atoms with Crippen LogP contribution < -0.4 is 5.32 Å². The minimum Gasteiger partial charge on any atom is -0.353 e. The maximum atomic E-state index is 14.0. The summed E-state index contributed by atoms with van der Waals surface area (Å²) < 4.78 is 27.3. The number of rotatable bonds is 2. The zero-order valence-electron chi connectivity index (χ0n) is 9.97. The van der Waals surface area contributed by atoms with Gasteiger partial charge in [0.1, 0.15) is 11.9 Å². The number of hydrogen-bond donors (Lipinski definition) is 1. The standard InChI is InChI=1S/C14H9BrF2N2/c1-8-4-10(16)6-11(5-8)19-12-3-2-9(7-18)13(15)14(12)17/h2-6,19H,1H3. The molecule has 0 atom stereocenters. The second-order valence-electron chi connectivity index (χ2n) is 4.04. The maximum Gasteiger partial charge on any atom is 0.162 e. The van der Waals surface area contributed by atoms with E-state index >= 15 is 0 Å². The Balaban J connectivity index is 2.39. The van der Waals surface area contributed by atoms with Crippen molar-refractivity contribution in [1.82, 2.24) is 0 Å². The molecule has 0 spiro atoms. The minimum absolute atomic E-state index is 0.0909. The summed E-state index contributed by atoms with van der Waals surface area (Å²) in [4.78, 5) is 0. The number of nitrogens with one attached hydrogen (secondary N) is 1. The van der Waals surface area contributed by atoms with Gasteiger partial charge in [0.05, 0.1) is 15.7 Å². The lowest BCUT2D eigenvalue weighted by molar-refractivity contribution is 0.623. The van der Waals surface area contributed by atoms with Crippen molar-refractivity contribution in [3.63, 3.8) is 0 Å². The van der Waals surface area contributed by atoms with E-state index in [1.807, 2.05) is 6.07 Å². The van der Waals surface area contributed by atoms with Gasteiger partial charge in [-0.25, -0.2) is 8.78 Å². The molecule has 0 fully saturated rings. The van der Waals surface area contributed by atoms with Gasteiger partial charge >= 0.3 is 0 Å². The molecule has 19 heavy (non-hydrogen) atoms. The predicted molar refractivity (Wildman–Crippen MR) is 73.2 cm³/mol. The lowest BCUT2D eigenvalue weighted by atomic mass is 10.2. The van der Waals surface area contributed by atoms with Crippen LogP contribution in [0.1, 0.15) is 11.1 Å². The average Bonchev–Trinajstić information content (AvgIpc) is 2.34. The maximum absolute atomic E-state index is 14.0. The van der Waals surface area contributed by atoms with Gasteiger partial charge in [0.15, 0.2) is 5.82 Å². The highest BCUT2D eigenvalue weighted by atomic mass is 79.9. The number of benzene rings is 2. The van der Waals surface area contributed by atoms with Crippen LogP contribution >= 0.6 is 15.9 Å². The van der Waals surface area contributed by atoms with E-state index in [2.05, 4.69) is 21.2 Å². The molecule has 96 valence electrons. The van der Waals surface area contributed by atoms with Crippen LogP contribution in [0.25, 0.3) is 0 Å². The molecule has 2 nitrogen and oxygen atoms in total. The Hall–Kier alpha value is -1.93. The monoisotopic (exact) mass is 322 g/mol. The molecule has 0 heterocycles. The summed E-state index contributed by atoms with van der Waals surface area (Å²) in [5.74, 6) is -0.975. The second kappa shape index (κ2) is 5.37. The van der Waals surface area contributed by atoms with Gasteiger partial charge < -0.3 is 5.32 Å². The molecule has 0 aliphatic heterocycles. The zero-order chi connectivity index (χ0) is 14.0. The Bertz CT molecular complexity index is 658. The molecule has 0 unspecified atom stereocenters. The van der Waals surface area contributed by atoms with E-state index in [-0.39, 0.29) is 15.7 Å². The first-order valence-corrected chi connectivity index (χ1v) is 6.23. The van der Waals surface area contributed by atoms with E-state index in [9.17, 15) is 8.78 Å². The topological polar surface area (TPSA) is 35.8 Å². The molecular formula is C14H9BrF2N2. The molecule has 1 N–H and O–H groups in total. The fraction of sp³-hybridized carbons (Fsp3) is 0.0714. The summed E-state index contributed by atoms with van der Waals surface area (Å²) in [5.41, 5.74) is 1.57. The molecule has 0 aromatic heterocycles. The molecule has 5 heteroatoms. The third kappa shape index (κ3) is 2.91. The highest BCUT2D eigenvalue weighted by Crippen LogP contribution is 2.29. The molecule has 0 amide bonds. The highest BCUT2D eigenvalue weighted by Gasteiger charge is 2.11. The summed E-state index contributed by atoms with van der Waals surface area (Å²) in [6.45, 7) is 1.75. The largest absolute Gasteiger partial charge is 0.353 e. The van der Waals surface area contributed by atoms with Crippen LogP contribution in [0.3, 0.4) is 0 Å². The van der Waals surface area contributed by atoms with Crippen molar-refractivity contribution in [3.8, 4) is 6.07 Å². The number of hydrogen-bond acceptors (Lipinski definition) is 2. The Morgan fingerprint density at radius 3 is 2.58 bits per heavy atom. The molecule has 0 aliphatic carbocycles. The van der Waals surface area contributed by atoms with Crippen molar-refractivity contribution in [2.45, 2.75) is 6.92 Å². The van der Waals surface area contributed by atoms with Gasteiger partial charge in [0.25, 0.3) is 0 Å². The van der Waals surface area contributed by atoms with Gasteiger partial charge in [-0.05, 0) is 58.7 Å².